The number of likely N-dealkylation sites (tertiary alicyclic amines) is 1. The molecule has 0 spiro atoms. The third kappa shape index (κ3) is 7.27. The third-order valence-corrected chi connectivity index (χ3v) is 5.70. The van der Waals surface area contributed by atoms with E-state index >= 15 is 0 Å². The normalized spacial score (nSPS) is 18.2. The van der Waals surface area contributed by atoms with Crippen molar-refractivity contribution in [3.8, 4) is 0 Å². The van der Waals surface area contributed by atoms with E-state index in [4.69, 9.17) is 11.5 Å². The highest BCUT2D eigenvalue weighted by Crippen LogP contribution is 2.21. The smallest absolute Gasteiger partial charge is 0.326 e. The second-order valence-corrected chi connectivity index (χ2v) is 8.71. The number of aromatic amines is 1. The van der Waals surface area contributed by atoms with Gasteiger partial charge in [0.2, 0.25) is 23.6 Å². The number of nitrogens with two attached hydrogens (primary N) is 2. The summed E-state index contributed by atoms with van der Waals surface area (Å²) in [6.45, 7) is 3.78. The second kappa shape index (κ2) is 12.1. The van der Waals surface area contributed by atoms with E-state index in [2.05, 4.69) is 20.6 Å². The molecule has 8 N–H and O–H groups in total. The van der Waals surface area contributed by atoms with Crippen LogP contribution in [0.5, 0.6) is 0 Å². The summed E-state index contributed by atoms with van der Waals surface area (Å²) in [4.78, 5) is 69.3. The summed E-state index contributed by atoms with van der Waals surface area (Å²) in [6.07, 6.45) is 3.79. The van der Waals surface area contributed by atoms with Crippen LogP contribution in [0, 0.1) is 5.92 Å². The highest BCUT2D eigenvalue weighted by atomic mass is 16.4. The fraction of sp³-hybridized carbons (Fsp3) is 0.619. The number of primary amides is 1. The second-order valence-electron chi connectivity index (χ2n) is 8.71. The minimum atomic E-state index is -1.21. The topological polar surface area (TPSA) is 214 Å². The molecule has 1 fully saturated rings. The van der Waals surface area contributed by atoms with Crippen LogP contribution >= 0.6 is 0 Å². The van der Waals surface area contributed by atoms with Crippen molar-refractivity contribution >= 4 is 29.6 Å². The average molecular weight is 480 g/mol. The molecule has 0 saturated carbocycles. The Kier molecular flexibility index (Phi) is 9.54. The first kappa shape index (κ1) is 26.8. The number of hydrogen-bond acceptors (Lipinski definition) is 7. The van der Waals surface area contributed by atoms with E-state index in [-0.39, 0.29) is 25.2 Å². The molecule has 4 amide bonds. The van der Waals surface area contributed by atoms with Crippen LogP contribution in [-0.2, 0) is 30.4 Å². The van der Waals surface area contributed by atoms with Gasteiger partial charge in [-0.3, -0.25) is 19.2 Å². The quantitative estimate of drug-likeness (QED) is 0.202. The van der Waals surface area contributed by atoms with Crippen LogP contribution < -0.4 is 22.1 Å². The maximum atomic E-state index is 13.3. The van der Waals surface area contributed by atoms with Gasteiger partial charge >= 0.3 is 5.97 Å². The maximum absolute atomic E-state index is 13.3. The van der Waals surface area contributed by atoms with Crippen molar-refractivity contribution in [3.05, 3.63) is 18.2 Å². The molecule has 1 saturated heterocycles. The maximum Gasteiger partial charge on any atom is 0.326 e. The lowest BCUT2D eigenvalue weighted by atomic mass is 10.0. The Labute approximate surface area is 197 Å². The summed E-state index contributed by atoms with van der Waals surface area (Å²) in [7, 11) is 0. The first-order valence-electron chi connectivity index (χ1n) is 11.2. The van der Waals surface area contributed by atoms with Gasteiger partial charge in [0.1, 0.15) is 18.1 Å². The van der Waals surface area contributed by atoms with Crippen molar-refractivity contribution in [2.24, 2.45) is 17.4 Å². The van der Waals surface area contributed by atoms with Crippen LogP contribution in [0.15, 0.2) is 12.5 Å². The number of carboxylic acids is 1. The number of hydrogen-bond donors (Lipinski definition) is 6. The van der Waals surface area contributed by atoms with Crippen molar-refractivity contribution < 1.29 is 29.1 Å². The van der Waals surface area contributed by atoms with E-state index < -0.39 is 53.8 Å². The fourth-order valence-corrected chi connectivity index (χ4v) is 3.77. The zero-order valence-electron chi connectivity index (χ0n) is 19.3. The van der Waals surface area contributed by atoms with Gasteiger partial charge in [-0.2, -0.15) is 0 Å². The molecule has 2 heterocycles. The van der Waals surface area contributed by atoms with Crippen LogP contribution in [-0.4, -0.2) is 80.3 Å². The van der Waals surface area contributed by atoms with Gasteiger partial charge in [-0.05, 0) is 25.2 Å². The number of aromatic nitrogens is 2. The molecule has 34 heavy (non-hydrogen) atoms. The van der Waals surface area contributed by atoms with E-state index in [1.807, 2.05) is 0 Å². The van der Waals surface area contributed by atoms with E-state index in [1.54, 1.807) is 13.8 Å². The van der Waals surface area contributed by atoms with Gasteiger partial charge in [0.25, 0.3) is 0 Å². The van der Waals surface area contributed by atoms with Crippen LogP contribution in [0.3, 0.4) is 0 Å². The van der Waals surface area contributed by atoms with Crippen molar-refractivity contribution in [3.63, 3.8) is 0 Å². The summed E-state index contributed by atoms with van der Waals surface area (Å²) in [5.74, 6) is -3.74. The Morgan fingerprint density at radius 3 is 2.53 bits per heavy atom. The predicted octanol–water partition coefficient (Wildman–Crippen LogP) is -1.75. The van der Waals surface area contributed by atoms with Crippen LogP contribution in [0.1, 0.15) is 45.2 Å². The van der Waals surface area contributed by atoms with Crippen LogP contribution in [0.2, 0.25) is 0 Å². The van der Waals surface area contributed by atoms with Crippen LogP contribution in [0.4, 0.5) is 0 Å². The molecule has 1 aliphatic rings. The fourth-order valence-electron chi connectivity index (χ4n) is 3.77. The van der Waals surface area contributed by atoms with E-state index in [1.165, 1.54) is 17.4 Å². The van der Waals surface area contributed by atoms with Crippen molar-refractivity contribution in [1.29, 1.82) is 0 Å². The van der Waals surface area contributed by atoms with Gasteiger partial charge in [-0.15, -0.1) is 0 Å². The number of aliphatic carboxylic acids is 1. The standard InChI is InChI=1S/C21H33N7O6/c1-11(2)17(27-18(30)13(22)5-6-16(23)29)20(32)28-7-3-4-15(28)19(31)26-14(21(33)34)8-12-9-24-10-25-12/h9-11,13-15,17H,3-8,22H2,1-2H3,(H2,23,29)(H,24,25)(H,26,31)(H,27,30)(H,33,34). The monoisotopic (exact) mass is 479 g/mol. The van der Waals surface area contributed by atoms with Gasteiger partial charge < -0.3 is 37.1 Å². The van der Waals surface area contributed by atoms with Crippen molar-refractivity contribution in [2.45, 2.75) is 70.1 Å². The third-order valence-electron chi connectivity index (χ3n) is 5.70. The number of carbonyl (C=O) groups is 5. The number of amides is 4. The molecule has 0 radical (unpaired) electrons. The predicted molar refractivity (Wildman–Crippen MR) is 120 cm³/mol. The Morgan fingerprint density at radius 2 is 1.97 bits per heavy atom. The Balaban J connectivity index is 2.07. The average Bonchev–Trinajstić information content (AvgIpc) is 3.46. The van der Waals surface area contributed by atoms with Crippen molar-refractivity contribution in [1.82, 2.24) is 25.5 Å². The molecule has 4 unspecified atom stereocenters. The molecule has 1 aliphatic heterocycles. The van der Waals surface area contributed by atoms with E-state index in [9.17, 15) is 29.1 Å². The number of H-pyrrole nitrogens is 1. The molecule has 4 atom stereocenters. The lowest BCUT2D eigenvalue weighted by molar-refractivity contribution is -0.145. The molecular formula is C21H33N7O6. The molecule has 0 bridgehead atoms. The SMILES string of the molecule is CC(C)C(NC(=O)C(N)CCC(N)=O)C(=O)N1CCCC1C(=O)NC(Cc1cnc[nH]1)C(=O)O. The minimum absolute atomic E-state index is 0.00953. The molecule has 1 aromatic rings. The zero-order valence-corrected chi connectivity index (χ0v) is 19.3. The lowest BCUT2D eigenvalue weighted by Crippen LogP contribution is -2.58. The Bertz CT molecular complexity index is 888. The van der Waals surface area contributed by atoms with Crippen LogP contribution in [0.25, 0.3) is 0 Å². The first-order valence-corrected chi connectivity index (χ1v) is 11.2. The number of carboxylic acid groups (broad SMARTS) is 1. The van der Waals surface area contributed by atoms with E-state index in [0.29, 0.717) is 25.1 Å². The summed E-state index contributed by atoms with van der Waals surface area (Å²) in [5, 5.41) is 14.6. The van der Waals surface area contributed by atoms with Gasteiger partial charge in [0, 0.05) is 31.3 Å². The lowest BCUT2D eigenvalue weighted by Gasteiger charge is -2.31. The zero-order chi connectivity index (χ0) is 25.4. The highest BCUT2D eigenvalue weighted by Gasteiger charge is 2.40. The molecule has 0 aromatic carbocycles. The Hall–Kier alpha value is -3.48. The summed E-state index contributed by atoms with van der Waals surface area (Å²) >= 11 is 0. The number of rotatable bonds is 12. The molecule has 13 heteroatoms. The molecule has 0 aliphatic carbocycles. The molecular weight excluding hydrogens is 446 g/mol. The van der Waals surface area contributed by atoms with Gasteiger partial charge in [0.15, 0.2) is 0 Å². The van der Waals surface area contributed by atoms with Gasteiger partial charge in [0.05, 0.1) is 12.4 Å². The number of nitrogens with zero attached hydrogens (tertiary/aromatic N) is 2. The molecule has 2 rings (SSSR count). The number of imidazole rings is 1. The van der Waals surface area contributed by atoms with Crippen molar-refractivity contribution in [2.75, 3.05) is 6.54 Å². The minimum Gasteiger partial charge on any atom is -0.480 e. The molecule has 1 aromatic heterocycles. The van der Waals surface area contributed by atoms with Gasteiger partial charge in [-0.1, -0.05) is 13.8 Å². The number of carbonyl (C=O) groups excluding carboxylic acids is 4. The van der Waals surface area contributed by atoms with Gasteiger partial charge in [-0.25, -0.2) is 9.78 Å². The number of nitrogens with one attached hydrogen (secondary N) is 3. The summed E-state index contributed by atoms with van der Waals surface area (Å²) in [6, 6.07) is -4.02. The largest absolute Gasteiger partial charge is 0.480 e. The Morgan fingerprint density at radius 1 is 1.26 bits per heavy atom. The van der Waals surface area contributed by atoms with E-state index in [0.717, 1.165) is 0 Å². The highest BCUT2D eigenvalue weighted by molar-refractivity contribution is 5.94. The first-order chi connectivity index (χ1) is 16.0. The summed E-state index contributed by atoms with van der Waals surface area (Å²) < 4.78 is 0. The summed E-state index contributed by atoms with van der Waals surface area (Å²) in [5.41, 5.74) is 11.4. The molecule has 188 valence electrons. The molecule has 13 nitrogen and oxygen atoms in total.